The maximum atomic E-state index is 9.38. The molecule has 0 radical (unpaired) electrons. The molecule has 5 heteroatoms. The topological polar surface area (TPSA) is 82.6 Å². The minimum absolute atomic E-state index is 0.482. The summed E-state index contributed by atoms with van der Waals surface area (Å²) in [5.74, 6) is 0.508. The lowest BCUT2D eigenvalue weighted by Crippen LogP contribution is -2.22. The number of aromatic nitrogens is 1. The Morgan fingerprint density at radius 2 is 2.07 bits per heavy atom. The molecule has 0 saturated carbocycles. The van der Waals surface area contributed by atoms with Gasteiger partial charge in [-0.3, -0.25) is 4.90 Å². The number of aliphatic hydroxyl groups excluding tert-OH is 2. The highest BCUT2D eigenvalue weighted by atomic mass is 16.3. The lowest BCUT2D eigenvalue weighted by molar-refractivity contribution is 0.0572. The van der Waals surface area contributed by atoms with E-state index in [9.17, 15) is 10.2 Å². The van der Waals surface area contributed by atoms with Crippen LogP contribution >= 0.6 is 0 Å². The number of rotatable bonds is 2. The number of aliphatic hydroxyl groups is 2. The minimum Gasteiger partial charge on any atom is -0.389 e. The Morgan fingerprint density at radius 1 is 1.40 bits per heavy atom. The van der Waals surface area contributed by atoms with Gasteiger partial charge in [0.15, 0.2) is 0 Å². The summed E-state index contributed by atoms with van der Waals surface area (Å²) in [7, 11) is 0. The highest BCUT2D eigenvalue weighted by Gasteiger charge is 2.29. The average molecular weight is 209 g/mol. The normalized spacial score (nSPS) is 27.1. The molecule has 2 rings (SSSR count). The van der Waals surface area contributed by atoms with Crippen molar-refractivity contribution in [1.82, 2.24) is 9.88 Å². The number of nitrogen functional groups attached to an aromatic ring is 1. The average Bonchev–Trinajstić information content (AvgIpc) is 2.50. The molecule has 1 aromatic heterocycles. The van der Waals surface area contributed by atoms with E-state index in [4.69, 9.17) is 5.73 Å². The second kappa shape index (κ2) is 4.14. The van der Waals surface area contributed by atoms with E-state index in [1.165, 1.54) is 0 Å². The SMILES string of the molecule is Nc1ncccc1CN1CC(O)C(O)C1. The summed E-state index contributed by atoms with van der Waals surface area (Å²) in [6.45, 7) is 1.58. The number of pyridine rings is 1. The van der Waals surface area contributed by atoms with Crippen molar-refractivity contribution in [1.29, 1.82) is 0 Å². The summed E-state index contributed by atoms with van der Waals surface area (Å²) >= 11 is 0. The maximum absolute atomic E-state index is 9.38. The van der Waals surface area contributed by atoms with E-state index in [0.717, 1.165) is 5.56 Å². The molecule has 2 unspecified atom stereocenters. The van der Waals surface area contributed by atoms with Crippen LogP contribution in [-0.2, 0) is 6.54 Å². The van der Waals surface area contributed by atoms with E-state index in [2.05, 4.69) is 4.98 Å². The number of hydrogen-bond donors (Lipinski definition) is 3. The molecule has 0 bridgehead atoms. The summed E-state index contributed by atoms with van der Waals surface area (Å²) < 4.78 is 0. The van der Waals surface area contributed by atoms with Crippen LogP contribution in [0.15, 0.2) is 18.3 Å². The predicted octanol–water partition coefficient (Wildman–Crippen LogP) is -0.799. The van der Waals surface area contributed by atoms with Crippen LogP contribution in [-0.4, -0.2) is 45.4 Å². The first-order chi connectivity index (χ1) is 7.16. The first-order valence-electron chi connectivity index (χ1n) is 4.94. The van der Waals surface area contributed by atoms with Crippen molar-refractivity contribution in [3.8, 4) is 0 Å². The minimum atomic E-state index is -0.650. The molecule has 0 aliphatic carbocycles. The smallest absolute Gasteiger partial charge is 0.127 e. The van der Waals surface area contributed by atoms with Crippen molar-refractivity contribution in [3.05, 3.63) is 23.9 Å². The summed E-state index contributed by atoms with van der Waals surface area (Å²) in [4.78, 5) is 5.95. The van der Waals surface area contributed by atoms with Crippen LogP contribution in [0.2, 0.25) is 0 Å². The first-order valence-corrected chi connectivity index (χ1v) is 4.94. The molecule has 82 valence electrons. The Balaban J connectivity index is 2.01. The van der Waals surface area contributed by atoms with Gasteiger partial charge in [-0.15, -0.1) is 0 Å². The van der Waals surface area contributed by atoms with Crippen molar-refractivity contribution >= 4 is 5.82 Å². The fraction of sp³-hybridized carbons (Fsp3) is 0.500. The molecule has 4 N–H and O–H groups in total. The van der Waals surface area contributed by atoms with Crippen molar-refractivity contribution in [2.24, 2.45) is 0 Å². The van der Waals surface area contributed by atoms with Gasteiger partial charge in [-0.2, -0.15) is 0 Å². The van der Waals surface area contributed by atoms with Gasteiger partial charge in [0.2, 0.25) is 0 Å². The summed E-state index contributed by atoms with van der Waals surface area (Å²) in [5, 5.41) is 18.8. The second-order valence-corrected chi connectivity index (χ2v) is 3.88. The first kappa shape index (κ1) is 10.4. The van der Waals surface area contributed by atoms with E-state index in [-0.39, 0.29) is 0 Å². The van der Waals surface area contributed by atoms with Gasteiger partial charge < -0.3 is 15.9 Å². The Hall–Kier alpha value is -1.17. The van der Waals surface area contributed by atoms with Gasteiger partial charge in [0.25, 0.3) is 0 Å². The molecule has 2 atom stereocenters. The van der Waals surface area contributed by atoms with E-state index < -0.39 is 12.2 Å². The Bertz CT molecular complexity index is 335. The Morgan fingerprint density at radius 3 is 2.67 bits per heavy atom. The molecular formula is C10H15N3O2. The van der Waals surface area contributed by atoms with E-state index in [0.29, 0.717) is 25.5 Å². The van der Waals surface area contributed by atoms with Gasteiger partial charge in [0.05, 0.1) is 12.2 Å². The lowest BCUT2D eigenvalue weighted by atomic mass is 10.2. The number of nitrogens with two attached hydrogens (primary N) is 1. The van der Waals surface area contributed by atoms with E-state index in [1.807, 2.05) is 17.0 Å². The van der Waals surface area contributed by atoms with E-state index >= 15 is 0 Å². The van der Waals surface area contributed by atoms with Crippen molar-refractivity contribution in [2.75, 3.05) is 18.8 Å². The molecule has 1 aliphatic heterocycles. The Labute approximate surface area is 88.2 Å². The largest absolute Gasteiger partial charge is 0.389 e. The molecule has 2 heterocycles. The fourth-order valence-electron chi connectivity index (χ4n) is 1.80. The van der Waals surface area contributed by atoms with Crippen LogP contribution in [0.1, 0.15) is 5.56 Å². The van der Waals surface area contributed by atoms with Crippen LogP contribution in [0.5, 0.6) is 0 Å². The van der Waals surface area contributed by atoms with Crippen molar-refractivity contribution < 1.29 is 10.2 Å². The second-order valence-electron chi connectivity index (χ2n) is 3.88. The van der Waals surface area contributed by atoms with Crippen LogP contribution < -0.4 is 5.73 Å². The third kappa shape index (κ3) is 2.26. The molecule has 0 spiro atoms. The third-order valence-electron chi connectivity index (χ3n) is 2.65. The molecular weight excluding hydrogens is 194 g/mol. The highest BCUT2D eigenvalue weighted by Crippen LogP contribution is 2.16. The molecule has 1 saturated heterocycles. The van der Waals surface area contributed by atoms with Crippen molar-refractivity contribution in [2.45, 2.75) is 18.8 Å². The number of β-amino-alcohol motifs (C(OH)–C–C–N with tert-alkyl or cyclic N) is 2. The summed E-state index contributed by atoms with van der Waals surface area (Å²) in [5.41, 5.74) is 6.63. The molecule has 5 nitrogen and oxygen atoms in total. The zero-order valence-corrected chi connectivity index (χ0v) is 8.37. The van der Waals surface area contributed by atoms with Gasteiger partial charge in [0.1, 0.15) is 5.82 Å². The maximum Gasteiger partial charge on any atom is 0.127 e. The van der Waals surface area contributed by atoms with Crippen LogP contribution in [0.4, 0.5) is 5.82 Å². The van der Waals surface area contributed by atoms with Gasteiger partial charge in [0, 0.05) is 31.4 Å². The lowest BCUT2D eigenvalue weighted by Gasteiger charge is -2.15. The third-order valence-corrected chi connectivity index (χ3v) is 2.65. The zero-order chi connectivity index (χ0) is 10.8. The molecule has 15 heavy (non-hydrogen) atoms. The van der Waals surface area contributed by atoms with Gasteiger partial charge in [-0.05, 0) is 6.07 Å². The molecule has 1 aromatic rings. The fourth-order valence-corrected chi connectivity index (χ4v) is 1.80. The number of nitrogens with zero attached hydrogens (tertiary/aromatic N) is 2. The molecule has 0 aromatic carbocycles. The highest BCUT2D eigenvalue weighted by molar-refractivity contribution is 5.38. The molecule has 1 fully saturated rings. The Kier molecular flexibility index (Phi) is 2.86. The van der Waals surface area contributed by atoms with Gasteiger partial charge >= 0.3 is 0 Å². The van der Waals surface area contributed by atoms with Crippen molar-refractivity contribution in [3.63, 3.8) is 0 Å². The zero-order valence-electron chi connectivity index (χ0n) is 8.37. The number of likely N-dealkylation sites (tertiary alicyclic amines) is 1. The predicted molar refractivity (Wildman–Crippen MR) is 55.9 cm³/mol. The van der Waals surface area contributed by atoms with Crippen LogP contribution in [0, 0.1) is 0 Å². The van der Waals surface area contributed by atoms with Gasteiger partial charge in [-0.1, -0.05) is 6.07 Å². The number of hydrogen-bond acceptors (Lipinski definition) is 5. The quantitative estimate of drug-likeness (QED) is 0.594. The standard InChI is InChI=1S/C10H15N3O2/c11-10-7(2-1-3-12-10)4-13-5-8(14)9(15)6-13/h1-3,8-9,14-15H,4-6H2,(H2,11,12). The monoisotopic (exact) mass is 209 g/mol. The summed E-state index contributed by atoms with van der Waals surface area (Å²) in [6, 6.07) is 3.73. The molecule has 1 aliphatic rings. The number of anilines is 1. The summed E-state index contributed by atoms with van der Waals surface area (Å²) in [6.07, 6.45) is 0.345. The molecule has 0 amide bonds. The van der Waals surface area contributed by atoms with Crippen LogP contribution in [0.3, 0.4) is 0 Å². The van der Waals surface area contributed by atoms with Gasteiger partial charge in [-0.25, -0.2) is 4.98 Å². The van der Waals surface area contributed by atoms with E-state index in [1.54, 1.807) is 6.20 Å². The van der Waals surface area contributed by atoms with Crippen LogP contribution in [0.25, 0.3) is 0 Å².